The van der Waals surface area contributed by atoms with Gasteiger partial charge < -0.3 is 20.0 Å². The monoisotopic (exact) mass is 316 g/mol. The fraction of sp³-hybridized carbons (Fsp3) is 0.529. The second-order valence-electron chi connectivity index (χ2n) is 6.26. The van der Waals surface area contributed by atoms with Gasteiger partial charge in [-0.25, -0.2) is 0 Å². The van der Waals surface area contributed by atoms with Crippen LogP contribution in [0.2, 0.25) is 0 Å². The molecule has 2 N–H and O–H groups in total. The van der Waals surface area contributed by atoms with Gasteiger partial charge in [-0.3, -0.25) is 4.79 Å². The lowest BCUT2D eigenvalue weighted by atomic mass is 9.95. The number of fused-ring (bicyclic) bond motifs is 1. The maximum atomic E-state index is 12.5. The third-order valence-electron chi connectivity index (χ3n) is 4.75. The van der Waals surface area contributed by atoms with E-state index in [2.05, 4.69) is 9.88 Å². The number of amides is 1. The van der Waals surface area contributed by atoms with Gasteiger partial charge in [-0.1, -0.05) is 12.1 Å². The van der Waals surface area contributed by atoms with Crippen molar-refractivity contribution in [2.45, 2.75) is 25.8 Å². The summed E-state index contributed by atoms with van der Waals surface area (Å²) in [5.41, 5.74) is 7.33. The predicted molar refractivity (Wildman–Crippen MR) is 90.2 cm³/mol. The Morgan fingerprint density at radius 3 is 2.78 bits per heavy atom. The molecule has 0 aliphatic carbocycles. The number of likely N-dealkylation sites (N-methyl/N-ethyl adjacent to an activating group) is 1. The number of carbonyl (C=O) groups is 1. The highest BCUT2D eigenvalue weighted by atomic mass is 16.4. The van der Waals surface area contributed by atoms with Crippen LogP contribution in [0.25, 0.3) is 11.1 Å². The van der Waals surface area contributed by atoms with E-state index in [0.29, 0.717) is 12.6 Å². The predicted octanol–water partition coefficient (Wildman–Crippen LogP) is 1.85. The van der Waals surface area contributed by atoms with Crippen molar-refractivity contribution in [3.05, 3.63) is 24.3 Å². The average molecular weight is 316 g/mol. The molecule has 1 fully saturated rings. The van der Waals surface area contributed by atoms with Gasteiger partial charge in [-0.2, -0.15) is 4.98 Å². The number of rotatable bonds is 4. The van der Waals surface area contributed by atoms with Crippen molar-refractivity contribution in [1.82, 2.24) is 9.88 Å². The molecule has 1 unspecified atom stereocenters. The van der Waals surface area contributed by atoms with E-state index in [9.17, 15) is 4.79 Å². The fourth-order valence-electron chi connectivity index (χ4n) is 2.98. The third-order valence-corrected chi connectivity index (χ3v) is 4.75. The topological polar surface area (TPSA) is 75.6 Å². The van der Waals surface area contributed by atoms with Gasteiger partial charge in [0.2, 0.25) is 5.91 Å². The summed E-state index contributed by atoms with van der Waals surface area (Å²) in [5, 5.41) is 0. The first-order valence-corrected chi connectivity index (χ1v) is 8.17. The minimum Gasteiger partial charge on any atom is -0.423 e. The molecule has 0 bridgehead atoms. The van der Waals surface area contributed by atoms with Gasteiger partial charge in [0.05, 0.1) is 0 Å². The molecular weight excluding hydrogens is 292 g/mol. The van der Waals surface area contributed by atoms with E-state index in [4.69, 9.17) is 10.2 Å². The number of carbonyl (C=O) groups excluding carboxylic acids is 1. The smallest absolute Gasteiger partial charge is 0.298 e. The zero-order valence-corrected chi connectivity index (χ0v) is 13.7. The molecule has 124 valence electrons. The minimum atomic E-state index is 0.0645. The first kappa shape index (κ1) is 15.8. The van der Waals surface area contributed by atoms with Crippen LogP contribution in [0.1, 0.15) is 19.8 Å². The van der Waals surface area contributed by atoms with Crippen LogP contribution in [-0.4, -0.2) is 48.5 Å². The van der Waals surface area contributed by atoms with E-state index in [1.54, 1.807) is 4.90 Å². The SMILES string of the molecule is CC(CN)N(C)C(=O)C1CCN(c2nc3ccccc3o2)CC1. The van der Waals surface area contributed by atoms with Gasteiger partial charge in [-0.05, 0) is 31.9 Å². The number of hydrogen-bond donors (Lipinski definition) is 1. The molecule has 1 aromatic heterocycles. The number of benzene rings is 1. The van der Waals surface area contributed by atoms with E-state index in [1.165, 1.54) is 0 Å². The Morgan fingerprint density at radius 2 is 2.13 bits per heavy atom. The summed E-state index contributed by atoms with van der Waals surface area (Å²) in [6, 6.07) is 8.50. The molecule has 2 heterocycles. The molecule has 3 rings (SSSR count). The lowest BCUT2D eigenvalue weighted by molar-refractivity contribution is -0.136. The van der Waals surface area contributed by atoms with Crippen LogP contribution in [0.5, 0.6) is 0 Å². The standard InChI is InChI=1S/C17H24N4O2/c1-12(11-18)20(2)16(22)13-7-9-21(10-8-13)17-19-14-5-3-4-6-15(14)23-17/h3-6,12-13H,7-11,18H2,1-2H3. The van der Waals surface area contributed by atoms with E-state index in [-0.39, 0.29) is 17.9 Å². The van der Waals surface area contributed by atoms with Crippen molar-refractivity contribution in [3.63, 3.8) is 0 Å². The van der Waals surface area contributed by atoms with E-state index >= 15 is 0 Å². The normalized spacial score (nSPS) is 17.4. The van der Waals surface area contributed by atoms with Gasteiger partial charge in [0.15, 0.2) is 5.58 Å². The lowest BCUT2D eigenvalue weighted by Crippen LogP contribution is -2.46. The van der Waals surface area contributed by atoms with E-state index in [0.717, 1.165) is 37.0 Å². The number of nitrogens with two attached hydrogens (primary N) is 1. The van der Waals surface area contributed by atoms with Crippen LogP contribution < -0.4 is 10.6 Å². The second-order valence-corrected chi connectivity index (χ2v) is 6.26. The Hall–Kier alpha value is -2.08. The molecule has 6 nitrogen and oxygen atoms in total. The molecular formula is C17H24N4O2. The molecule has 2 aromatic rings. The highest BCUT2D eigenvalue weighted by Gasteiger charge is 2.30. The zero-order valence-electron chi connectivity index (χ0n) is 13.7. The zero-order chi connectivity index (χ0) is 16.4. The lowest BCUT2D eigenvalue weighted by Gasteiger charge is -2.34. The number of oxazole rings is 1. The minimum absolute atomic E-state index is 0.0645. The molecule has 1 aliphatic heterocycles. The molecule has 1 saturated heterocycles. The first-order valence-electron chi connectivity index (χ1n) is 8.17. The van der Waals surface area contributed by atoms with Crippen LogP contribution in [0, 0.1) is 5.92 Å². The third kappa shape index (κ3) is 3.17. The van der Waals surface area contributed by atoms with Gasteiger partial charge in [-0.15, -0.1) is 0 Å². The Balaban J connectivity index is 1.63. The van der Waals surface area contributed by atoms with Crippen LogP contribution in [0.15, 0.2) is 28.7 Å². The van der Waals surface area contributed by atoms with Crippen LogP contribution in [0.4, 0.5) is 6.01 Å². The van der Waals surface area contributed by atoms with E-state index in [1.807, 2.05) is 38.2 Å². The maximum Gasteiger partial charge on any atom is 0.298 e. The van der Waals surface area contributed by atoms with Gasteiger partial charge >= 0.3 is 0 Å². The van der Waals surface area contributed by atoms with E-state index < -0.39 is 0 Å². The quantitative estimate of drug-likeness (QED) is 0.931. The highest BCUT2D eigenvalue weighted by molar-refractivity contribution is 5.79. The van der Waals surface area contributed by atoms with Crippen molar-refractivity contribution in [2.75, 3.05) is 31.6 Å². The van der Waals surface area contributed by atoms with Gasteiger partial charge in [0, 0.05) is 38.6 Å². The van der Waals surface area contributed by atoms with Crippen molar-refractivity contribution in [2.24, 2.45) is 11.7 Å². The molecule has 23 heavy (non-hydrogen) atoms. The summed E-state index contributed by atoms with van der Waals surface area (Å²) in [6.45, 7) is 4.04. The Morgan fingerprint density at radius 1 is 1.43 bits per heavy atom. The van der Waals surface area contributed by atoms with Crippen LogP contribution in [-0.2, 0) is 4.79 Å². The summed E-state index contributed by atoms with van der Waals surface area (Å²) >= 11 is 0. The molecule has 1 aliphatic rings. The number of hydrogen-bond acceptors (Lipinski definition) is 5. The Kier molecular flexibility index (Phi) is 4.52. The highest BCUT2D eigenvalue weighted by Crippen LogP contribution is 2.27. The van der Waals surface area contributed by atoms with Crippen LogP contribution in [0.3, 0.4) is 0 Å². The molecule has 1 amide bonds. The number of anilines is 1. The number of aromatic nitrogens is 1. The first-order chi connectivity index (χ1) is 11.1. The average Bonchev–Trinajstić information content (AvgIpc) is 3.04. The second kappa shape index (κ2) is 6.58. The molecule has 0 radical (unpaired) electrons. The summed E-state index contributed by atoms with van der Waals surface area (Å²) in [4.78, 5) is 20.9. The summed E-state index contributed by atoms with van der Waals surface area (Å²) < 4.78 is 5.81. The largest absolute Gasteiger partial charge is 0.423 e. The Bertz CT molecular complexity index is 643. The molecule has 0 spiro atoms. The molecule has 0 saturated carbocycles. The molecule has 1 atom stereocenters. The number of piperidine rings is 1. The summed E-state index contributed by atoms with van der Waals surface area (Å²) in [7, 11) is 1.84. The van der Waals surface area contributed by atoms with Gasteiger partial charge in [0.1, 0.15) is 5.52 Å². The van der Waals surface area contributed by atoms with Crippen molar-refractivity contribution in [1.29, 1.82) is 0 Å². The maximum absolute atomic E-state index is 12.5. The molecule has 1 aromatic carbocycles. The summed E-state index contributed by atoms with van der Waals surface area (Å²) in [5.74, 6) is 0.259. The van der Waals surface area contributed by atoms with Gasteiger partial charge in [0.25, 0.3) is 6.01 Å². The molecule has 6 heteroatoms. The number of nitrogens with zero attached hydrogens (tertiary/aromatic N) is 3. The van der Waals surface area contributed by atoms with Crippen molar-refractivity contribution >= 4 is 23.0 Å². The summed E-state index contributed by atoms with van der Waals surface area (Å²) in [6.07, 6.45) is 1.64. The number of para-hydroxylation sites is 2. The van der Waals surface area contributed by atoms with Crippen LogP contribution >= 0.6 is 0 Å². The van der Waals surface area contributed by atoms with Crippen molar-refractivity contribution in [3.8, 4) is 0 Å². The van der Waals surface area contributed by atoms with Crippen molar-refractivity contribution < 1.29 is 9.21 Å². The fourth-order valence-corrected chi connectivity index (χ4v) is 2.98. The Labute approximate surface area is 136 Å².